The van der Waals surface area contributed by atoms with Crippen LogP contribution in [0.15, 0.2) is 29.7 Å². The lowest BCUT2D eigenvalue weighted by Gasteiger charge is -2.30. The maximum atomic E-state index is 12.3. The summed E-state index contributed by atoms with van der Waals surface area (Å²) in [4.78, 5) is 14.6. The van der Waals surface area contributed by atoms with E-state index in [0.29, 0.717) is 30.5 Å². The Morgan fingerprint density at radius 1 is 1.37 bits per heavy atom. The number of aromatic nitrogens is 3. The Morgan fingerprint density at radius 3 is 2.89 bits per heavy atom. The minimum absolute atomic E-state index is 0.0498. The number of amides is 1. The number of benzene rings is 1. The summed E-state index contributed by atoms with van der Waals surface area (Å²) in [5.41, 5.74) is 2.10. The van der Waals surface area contributed by atoms with Crippen LogP contribution in [-0.4, -0.2) is 52.7 Å². The normalized spacial score (nSPS) is 14.6. The minimum Gasteiger partial charge on any atom is -0.378 e. The molecule has 146 valence electrons. The second-order valence-electron chi connectivity index (χ2n) is 6.55. The van der Waals surface area contributed by atoms with Crippen LogP contribution in [-0.2, 0) is 16.1 Å². The maximum Gasteiger partial charge on any atom is 0.230 e. The summed E-state index contributed by atoms with van der Waals surface area (Å²) >= 11 is 7.55. The molecule has 0 bridgehead atoms. The Bertz CT molecular complexity index is 777. The van der Waals surface area contributed by atoms with Gasteiger partial charge in [-0.15, -0.1) is 10.2 Å². The molecule has 27 heavy (non-hydrogen) atoms. The molecule has 0 spiro atoms. The SMILES string of the molecule is CC(C)n1cnnc1SCC(=O)NCc1cc(Cl)ccc1N1CCOCC1. The van der Waals surface area contributed by atoms with Crippen LogP contribution in [0.25, 0.3) is 0 Å². The first-order valence-electron chi connectivity index (χ1n) is 8.94. The average Bonchev–Trinajstić information content (AvgIpc) is 3.14. The summed E-state index contributed by atoms with van der Waals surface area (Å²) in [6.45, 7) is 7.64. The molecule has 9 heteroatoms. The van der Waals surface area contributed by atoms with E-state index in [0.717, 1.165) is 29.5 Å². The van der Waals surface area contributed by atoms with Crippen molar-refractivity contribution in [2.75, 3.05) is 37.0 Å². The van der Waals surface area contributed by atoms with Crippen LogP contribution < -0.4 is 10.2 Å². The first kappa shape index (κ1) is 20.0. The van der Waals surface area contributed by atoms with Crippen LogP contribution in [0.5, 0.6) is 0 Å². The predicted octanol–water partition coefficient (Wildman–Crippen LogP) is 2.76. The third kappa shape index (κ3) is 5.37. The van der Waals surface area contributed by atoms with Crippen LogP contribution >= 0.6 is 23.4 Å². The minimum atomic E-state index is -0.0498. The van der Waals surface area contributed by atoms with Crippen molar-refractivity contribution < 1.29 is 9.53 Å². The first-order chi connectivity index (χ1) is 13.0. The highest BCUT2D eigenvalue weighted by Crippen LogP contribution is 2.25. The molecule has 1 aromatic carbocycles. The zero-order valence-electron chi connectivity index (χ0n) is 15.5. The number of rotatable bonds is 7. The highest BCUT2D eigenvalue weighted by molar-refractivity contribution is 7.99. The number of nitrogens with one attached hydrogen (secondary N) is 1. The molecule has 1 aliphatic heterocycles. The Balaban J connectivity index is 1.58. The van der Waals surface area contributed by atoms with Gasteiger partial charge in [0.25, 0.3) is 0 Å². The first-order valence-corrected chi connectivity index (χ1v) is 10.3. The van der Waals surface area contributed by atoms with Gasteiger partial charge in [0.1, 0.15) is 6.33 Å². The van der Waals surface area contributed by atoms with Gasteiger partial charge in [-0.3, -0.25) is 4.79 Å². The number of morpholine rings is 1. The molecule has 2 aromatic rings. The molecule has 1 saturated heterocycles. The Kier molecular flexibility index (Phi) is 6.98. The molecule has 1 aromatic heterocycles. The molecule has 3 rings (SSSR count). The van der Waals surface area contributed by atoms with E-state index in [9.17, 15) is 4.79 Å². The molecule has 7 nitrogen and oxygen atoms in total. The van der Waals surface area contributed by atoms with E-state index >= 15 is 0 Å². The summed E-state index contributed by atoms with van der Waals surface area (Å²) in [6, 6.07) is 6.06. The zero-order valence-corrected chi connectivity index (χ0v) is 17.1. The number of thioether (sulfide) groups is 1. The van der Waals surface area contributed by atoms with Crippen LogP contribution in [0.3, 0.4) is 0 Å². The van der Waals surface area contributed by atoms with Crippen molar-refractivity contribution in [3.8, 4) is 0 Å². The molecule has 0 saturated carbocycles. The van der Waals surface area contributed by atoms with Gasteiger partial charge in [-0.2, -0.15) is 0 Å². The van der Waals surface area contributed by atoms with Crippen molar-refractivity contribution in [3.63, 3.8) is 0 Å². The molecular formula is C18H24ClN5O2S. The molecular weight excluding hydrogens is 386 g/mol. The van der Waals surface area contributed by atoms with Crippen LogP contribution in [0.4, 0.5) is 5.69 Å². The van der Waals surface area contributed by atoms with Crippen molar-refractivity contribution in [3.05, 3.63) is 35.1 Å². The topological polar surface area (TPSA) is 72.3 Å². The Labute approximate surface area is 168 Å². The molecule has 1 fully saturated rings. The van der Waals surface area contributed by atoms with Gasteiger partial charge in [0, 0.05) is 36.4 Å². The summed E-state index contributed by atoms with van der Waals surface area (Å²) in [5.74, 6) is 0.241. The number of halogens is 1. The Morgan fingerprint density at radius 2 is 2.15 bits per heavy atom. The van der Waals surface area contributed by atoms with E-state index in [1.54, 1.807) is 6.33 Å². The van der Waals surface area contributed by atoms with Crippen molar-refractivity contribution in [1.82, 2.24) is 20.1 Å². The van der Waals surface area contributed by atoms with Gasteiger partial charge >= 0.3 is 0 Å². The van der Waals surface area contributed by atoms with E-state index in [1.807, 2.05) is 22.8 Å². The lowest BCUT2D eigenvalue weighted by Crippen LogP contribution is -2.37. The summed E-state index contributed by atoms with van der Waals surface area (Å²) in [5, 5.41) is 12.4. The quantitative estimate of drug-likeness (QED) is 0.709. The number of ether oxygens (including phenoxy) is 1. The highest BCUT2D eigenvalue weighted by Gasteiger charge is 2.16. The molecule has 1 aliphatic rings. The molecule has 1 N–H and O–H groups in total. The van der Waals surface area contributed by atoms with Gasteiger partial charge in [-0.05, 0) is 37.6 Å². The zero-order chi connectivity index (χ0) is 19.2. The Hall–Kier alpha value is -1.77. The number of nitrogens with zero attached hydrogens (tertiary/aromatic N) is 4. The van der Waals surface area contributed by atoms with E-state index in [1.165, 1.54) is 11.8 Å². The van der Waals surface area contributed by atoms with Crippen molar-refractivity contribution in [2.45, 2.75) is 31.6 Å². The smallest absolute Gasteiger partial charge is 0.230 e. The molecule has 1 amide bonds. The fourth-order valence-corrected chi connectivity index (χ4v) is 3.94. The van der Waals surface area contributed by atoms with E-state index in [-0.39, 0.29) is 11.9 Å². The van der Waals surface area contributed by atoms with Gasteiger partial charge in [0.05, 0.1) is 19.0 Å². The molecule has 2 heterocycles. The summed E-state index contributed by atoms with van der Waals surface area (Å²) in [6.07, 6.45) is 1.69. The second-order valence-corrected chi connectivity index (χ2v) is 7.93. The maximum absolute atomic E-state index is 12.3. The molecule has 0 radical (unpaired) electrons. The van der Waals surface area contributed by atoms with Gasteiger partial charge in [0.15, 0.2) is 5.16 Å². The number of hydrogen-bond acceptors (Lipinski definition) is 6. The van der Waals surface area contributed by atoms with Crippen molar-refractivity contribution >= 4 is 35.0 Å². The van der Waals surface area contributed by atoms with Crippen molar-refractivity contribution in [2.24, 2.45) is 0 Å². The van der Waals surface area contributed by atoms with E-state index in [4.69, 9.17) is 16.3 Å². The summed E-state index contributed by atoms with van der Waals surface area (Å²) in [7, 11) is 0. The van der Waals surface area contributed by atoms with Gasteiger partial charge < -0.3 is 19.5 Å². The predicted molar refractivity (Wildman–Crippen MR) is 107 cm³/mol. The number of hydrogen-bond donors (Lipinski definition) is 1. The number of carbonyl (C=O) groups excluding carboxylic acids is 1. The molecule has 0 aliphatic carbocycles. The second kappa shape index (κ2) is 9.43. The standard InChI is InChI=1S/C18H24ClN5O2S/c1-13(2)24-12-21-22-18(24)27-11-17(25)20-10-14-9-15(19)3-4-16(14)23-5-7-26-8-6-23/h3-4,9,12-13H,5-8,10-11H2,1-2H3,(H,20,25). The lowest BCUT2D eigenvalue weighted by atomic mass is 10.1. The monoisotopic (exact) mass is 409 g/mol. The largest absolute Gasteiger partial charge is 0.378 e. The van der Waals surface area contributed by atoms with E-state index < -0.39 is 0 Å². The van der Waals surface area contributed by atoms with Crippen molar-refractivity contribution in [1.29, 1.82) is 0 Å². The lowest BCUT2D eigenvalue weighted by molar-refractivity contribution is -0.118. The number of anilines is 1. The third-order valence-corrected chi connectivity index (χ3v) is 5.49. The fourth-order valence-electron chi connectivity index (χ4n) is 2.87. The van der Waals surface area contributed by atoms with Crippen LogP contribution in [0, 0.1) is 0 Å². The van der Waals surface area contributed by atoms with Crippen LogP contribution in [0.1, 0.15) is 25.5 Å². The number of carbonyl (C=O) groups is 1. The fraction of sp³-hybridized carbons (Fsp3) is 0.500. The van der Waals surface area contributed by atoms with Gasteiger partial charge in [0.2, 0.25) is 5.91 Å². The van der Waals surface area contributed by atoms with Gasteiger partial charge in [-0.1, -0.05) is 23.4 Å². The van der Waals surface area contributed by atoms with Crippen LogP contribution in [0.2, 0.25) is 5.02 Å². The molecule has 0 atom stereocenters. The molecule has 0 unspecified atom stereocenters. The van der Waals surface area contributed by atoms with Gasteiger partial charge in [-0.25, -0.2) is 0 Å². The third-order valence-electron chi connectivity index (χ3n) is 4.30. The highest BCUT2D eigenvalue weighted by atomic mass is 35.5. The van der Waals surface area contributed by atoms with E-state index in [2.05, 4.69) is 34.3 Å². The summed E-state index contributed by atoms with van der Waals surface area (Å²) < 4.78 is 7.37. The average molecular weight is 410 g/mol.